The van der Waals surface area contributed by atoms with Gasteiger partial charge in [0.25, 0.3) is 0 Å². The fraction of sp³-hybridized carbons (Fsp3) is 0.548. The van der Waals surface area contributed by atoms with Gasteiger partial charge in [-0.05, 0) is 101 Å². The van der Waals surface area contributed by atoms with Crippen LogP contribution in [0.2, 0.25) is 0 Å². The molecular weight excluding hydrogens is 537 g/mol. The average molecular weight is 575 g/mol. The topological polar surface area (TPSA) is 79.3 Å². The molecule has 0 radical (unpaired) electrons. The summed E-state index contributed by atoms with van der Waals surface area (Å²) >= 11 is 0. The zero-order chi connectivity index (χ0) is 29.4. The summed E-state index contributed by atoms with van der Waals surface area (Å²) in [5.41, 5.74) is 0.189. The van der Waals surface area contributed by atoms with Crippen molar-refractivity contribution < 1.29 is 37.3 Å². The Morgan fingerprint density at radius 3 is 2.59 bits per heavy atom. The molecule has 7 nitrogen and oxygen atoms in total. The number of hydrogen-bond donors (Lipinski definition) is 1. The third-order valence-corrected chi connectivity index (χ3v) is 9.08. The van der Waals surface area contributed by atoms with Crippen LogP contribution in [0.5, 0.6) is 5.75 Å². The lowest BCUT2D eigenvalue weighted by molar-refractivity contribution is -0.153. The van der Waals surface area contributed by atoms with E-state index in [-0.39, 0.29) is 31.2 Å². The van der Waals surface area contributed by atoms with E-state index in [2.05, 4.69) is 4.90 Å². The van der Waals surface area contributed by atoms with Gasteiger partial charge in [-0.1, -0.05) is 12.1 Å². The smallest absolute Gasteiger partial charge is 0.416 e. The number of benzene rings is 2. The molecule has 41 heavy (non-hydrogen) atoms. The van der Waals surface area contributed by atoms with E-state index in [1.165, 1.54) is 11.0 Å². The Kier molecular flexibility index (Phi) is 8.34. The van der Waals surface area contributed by atoms with E-state index < -0.39 is 23.3 Å². The highest BCUT2D eigenvalue weighted by atomic mass is 19.4. The summed E-state index contributed by atoms with van der Waals surface area (Å²) in [6.45, 7) is 5.36. The molecule has 2 heterocycles. The molecule has 0 bridgehead atoms. The maximum atomic E-state index is 13.9. The standard InChI is InChI=1S/C31H37F3N2O5/c1-3-40-28(38)23-6-4-5-22(15-23)21-10-13-35(14-11-21)26-9-12-30(17-26,20(2)37)29(39)36-18-24-16-25(31(32,33)34)7-8-27(24)41-19-36/h4-8,15-16,20-21,26,37H,3,9-14,17-19H2,1-2H3/t20-,26-,30?/m1/s1. The van der Waals surface area contributed by atoms with E-state index in [1.807, 2.05) is 18.2 Å². The van der Waals surface area contributed by atoms with Crippen molar-refractivity contribution in [2.45, 2.75) is 76.7 Å². The van der Waals surface area contributed by atoms with Crippen LogP contribution in [0.25, 0.3) is 0 Å². The summed E-state index contributed by atoms with van der Waals surface area (Å²) in [5.74, 6) is 0.0643. The minimum absolute atomic E-state index is 0.00742. The normalized spacial score (nSPS) is 24.4. The van der Waals surface area contributed by atoms with Crippen molar-refractivity contribution in [2.24, 2.45) is 5.41 Å². The molecule has 1 N–H and O–H groups in total. The van der Waals surface area contributed by atoms with Crippen LogP contribution < -0.4 is 4.74 Å². The van der Waals surface area contributed by atoms with E-state index in [0.29, 0.717) is 42.2 Å². The quantitative estimate of drug-likeness (QED) is 0.468. The van der Waals surface area contributed by atoms with Gasteiger partial charge < -0.3 is 24.4 Å². The molecule has 1 aliphatic carbocycles. The van der Waals surface area contributed by atoms with Gasteiger partial charge in [0, 0.05) is 11.6 Å². The number of fused-ring (bicyclic) bond motifs is 1. The number of nitrogens with zero attached hydrogens (tertiary/aromatic N) is 2. The van der Waals surface area contributed by atoms with Gasteiger partial charge in [-0.25, -0.2) is 4.79 Å². The van der Waals surface area contributed by atoms with Crippen LogP contribution in [0.1, 0.15) is 78.9 Å². The summed E-state index contributed by atoms with van der Waals surface area (Å²) < 4.78 is 50.6. The predicted octanol–water partition coefficient (Wildman–Crippen LogP) is 5.36. The molecule has 5 rings (SSSR count). The lowest BCUT2D eigenvalue weighted by Gasteiger charge is -2.40. The van der Waals surface area contributed by atoms with Gasteiger partial charge in [0.15, 0.2) is 6.73 Å². The number of carbonyl (C=O) groups excluding carboxylic acids is 2. The second-order valence-electron chi connectivity index (χ2n) is 11.5. The first-order chi connectivity index (χ1) is 19.5. The molecule has 1 unspecified atom stereocenters. The van der Waals surface area contributed by atoms with E-state index in [9.17, 15) is 27.9 Å². The van der Waals surface area contributed by atoms with Crippen LogP contribution in [0.15, 0.2) is 42.5 Å². The van der Waals surface area contributed by atoms with Crippen LogP contribution >= 0.6 is 0 Å². The molecule has 10 heteroatoms. The number of hydrogen-bond acceptors (Lipinski definition) is 6. The summed E-state index contributed by atoms with van der Waals surface area (Å²) in [6.07, 6.45) is -1.83. The van der Waals surface area contributed by atoms with Crippen LogP contribution in [-0.4, -0.2) is 65.4 Å². The third kappa shape index (κ3) is 5.95. The van der Waals surface area contributed by atoms with Gasteiger partial charge >= 0.3 is 12.1 Å². The predicted molar refractivity (Wildman–Crippen MR) is 145 cm³/mol. The van der Waals surface area contributed by atoms with Crippen LogP contribution in [0.4, 0.5) is 13.2 Å². The van der Waals surface area contributed by atoms with Crippen molar-refractivity contribution in [3.8, 4) is 5.75 Å². The number of aliphatic hydroxyl groups is 1. The van der Waals surface area contributed by atoms with E-state index in [1.54, 1.807) is 19.9 Å². The van der Waals surface area contributed by atoms with Gasteiger partial charge in [0.05, 0.1) is 35.8 Å². The number of halogens is 3. The molecule has 0 aromatic heterocycles. The second-order valence-corrected chi connectivity index (χ2v) is 11.5. The van der Waals surface area contributed by atoms with Crippen molar-refractivity contribution in [2.75, 3.05) is 26.4 Å². The molecular formula is C31H37F3N2O5. The monoisotopic (exact) mass is 574 g/mol. The van der Waals surface area contributed by atoms with Gasteiger partial charge in [-0.2, -0.15) is 13.2 Å². The maximum Gasteiger partial charge on any atom is 0.416 e. The number of amides is 1. The SMILES string of the molecule is CCOC(=O)c1cccc(C2CCN([C@@H]3CCC(C(=O)N4COc5ccc(C(F)(F)F)cc5C4)([C@@H](C)O)C3)CC2)c1. The van der Waals surface area contributed by atoms with Crippen LogP contribution in [-0.2, 0) is 22.3 Å². The molecule has 1 amide bonds. The molecule has 1 saturated heterocycles. The fourth-order valence-electron chi connectivity index (χ4n) is 6.71. The number of aliphatic hydroxyl groups excluding tert-OH is 1. The van der Waals surface area contributed by atoms with E-state index in [4.69, 9.17) is 9.47 Å². The van der Waals surface area contributed by atoms with Gasteiger partial charge in [-0.15, -0.1) is 0 Å². The second kappa shape index (κ2) is 11.6. The first-order valence-corrected chi connectivity index (χ1v) is 14.3. The Morgan fingerprint density at radius 1 is 1.15 bits per heavy atom. The first-order valence-electron chi connectivity index (χ1n) is 14.3. The largest absolute Gasteiger partial charge is 0.473 e. The maximum absolute atomic E-state index is 13.9. The van der Waals surface area contributed by atoms with Gasteiger partial charge in [0.2, 0.25) is 5.91 Å². The highest BCUT2D eigenvalue weighted by Crippen LogP contribution is 2.47. The number of ether oxygens (including phenoxy) is 2. The molecule has 2 aromatic carbocycles. The highest BCUT2D eigenvalue weighted by Gasteiger charge is 2.52. The Bertz CT molecular complexity index is 1270. The molecule has 2 aromatic rings. The minimum atomic E-state index is -4.49. The Hall–Kier alpha value is -3.11. The molecule has 2 fully saturated rings. The first kappa shape index (κ1) is 29.4. The Morgan fingerprint density at radius 2 is 1.90 bits per heavy atom. The molecule has 222 valence electrons. The number of alkyl halides is 3. The van der Waals surface area contributed by atoms with Crippen molar-refractivity contribution >= 4 is 11.9 Å². The van der Waals surface area contributed by atoms with Gasteiger partial charge in [-0.3, -0.25) is 4.79 Å². The third-order valence-electron chi connectivity index (χ3n) is 9.08. The summed E-state index contributed by atoms with van der Waals surface area (Å²) in [4.78, 5) is 29.9. The summed E-state index contributed by atoms with van der Waals surface area (Å²) in [6, 6.07) is 11.1. The zero-order valence-corrected chi connectivity index (χ0v) is 23.5. The van der Waals surface area contributed by atoms with Crippen molar-refractivity contribution in [1.82, 2.24) is 9.80 Å². The molecule has 3 aliphatic rings. The number of likely N-dealkylation sites (tertiary alicyclic amines) is 1. The summed E-state index contributed by atoms with van der Waals surface area (Å²) in [7, 11) is 0. The van der Waals surface area contributed by atoms with E-state index >= 15 is 0 Å². The molecule has 3 atom stereocenters. The lowest BCUT2D eigenvalue weighted by atomic mass is 9.79. The van der Waals surface area contributed by atoms with Crippen molar-refractivity contribution in [1.29, 1.82) is 0 Å². The number of carbonyl (C=O) groups is 2. The Balaban J connectivity index is 1.23. The Labute approximate surface area is 238 Å². The lowest BCUT2D eigenvalue weighted by Crippen LogP contribution is -2.51. The average Bonchev–Trinajstić information content (AvgIpc) is 3.43. The van der Waals surface area contributed by atoms with Crippen molar-refractivity contribution in [3.63, 3.8) is 0 Å². The van der Waals surface area contributed by atoms with Crippen LogP contribution in [0, 0.1) is 5.41 Å². The summed E-state index contributed by atoms with van der Waals surface area (Å²) in [5, 5.41) is 10.9. The number of piperidine rings is 1. The molecule has 2 aliphatic heterocycles. The van der Waals surface area contributed by atoms with Crippen LogP contribution in [0.3, 0.4) is 0 Å². The fourth-order valence-corrected chi connectivity index (χ4v) is 6.71. The molecule has 0 spiro atoms. The van der Waals surface area contributed by atoms with Gasteiger partial charge in [0.1, 0.15) is 5.75 Å². The van der Waals surface area contributed by atoms with Crippen molar-refractivity contribution in [3.05, 3.63) is 64.7 Å². The number of rotatable bonds is 6. The number of esters is 1. The zero-order valence-electron chi connectivity index (χ0n) is 23.5. The molecule has 1 saturated carbocycles. The minimum Gasteiger partial charge on any atom is -0.473 e. The highest BCUT2D eigenvalue weighted by molar-refractivity contribution is 5.89. The van der Waals surface area contributed by atoms with E-state index in [0.717, 1.165) is 50.0 Å².